The topological polar surface area (TPSA) is 85.3 Å². The molecule has 3 rings (SSSR count). The van der Waals surface area contributed by atoms with Crippen LogP contribution in [0.4, 0.5) is 11.4 Å². The second-order valence-electron chi connectivity index (χ2n) is 6.38. The Bertz CT molecular complexity index is 1030. The highest BCUT2D eigenvalue weighted by molar-refractivity contribution is 6.06. The molecule has 0 radical (unpaired) electrons. The molecule has 0 aliphatic heterocycles. The highest BCUT2D eigenvalue weighted by Crippen LogP contribution is 2.29. The molecule has 7 heteroatoms. The predicted molar refractivity (Wildman–Crippen MR) is 108 cm³/mol. The van der Waals surface area contributed by atoms with Crippen molar-refractivity contribution in [3.63, 3.8) is 0 Å². The molecule has 28 heavy (non-hydrogen) atoms. The van der Waals surface area contributed by atoms with Crippen molar-refractivity contribution >= 4 is 23.2 Å². The number of nitrogens with zero attached hydrogens (tertiary/aromatic N) is 2. The third kappa shape index (κ3) is 3.88. The van der Waals surface area contributed by atoms with Crippen molar-refractivity contribution in [1.29, 1.82) is 0 Å². The highest BCUT2D eigenvalue weighted by atomic mass is 16.5. The third-order valence-electron chi connectivity index (χ3n) is 4.35. The first-order valence-electron chi connectivity index (χ1n) is 8.77. The summed E-state index contributed by atoms with van der Waals surface area (Å²) in [5, 5.41) is 5.58. The Morgan fingerprint density at radius 1 is 1.11 bits per heavy atom. The summed E-state index contributed by atoms with van der Waals surface area (Å²) in [7, 11) is 1.53. The van der Waals surface area contributed by atoms with Crippen LogP contribution in [-0.2, 0) is 4.79 Å². The first-order valence-corrected chi connectivity index (χ1v) is 8.77. The lowest BCUT2D eigenvalue weighted by molar-refractivity contribution is -0.114. The zero-order valence-electron chi connectivity index (χ0n) is 16.2. The molecule has 0 aliphatic rings. The normalized spacial score (nSPS) is 10.4. The molecule has 2 amide bonds. The summed E-state index contributed by atoms with van der Waals surface area (Å²) in [6.07, 6.45) is 3.46. The average Bonchev–Trinajstić information content (AvgIpc) is 2.96. The van der Waals surface area contributed by atoms with E-state index in [1.165, 1.54) is 14.0 Å². The van der Waals surface area contributed by atoms with Crippen molar-refractivity contribution in [3.8, 4) is 11.4 Å². The Morgan fingerprint density at radius 2 is 1.89 bits per heavy atom. The molecule has 3 aromatic rings. The number of aryl methyl sites for hydroxylation is 1. The largest absolute Gasteiger partial charge is 0.495 e. The monoisotopic (exact) mass is 378 g/mol. The second kappa shape index (κ2) is 7.96. The van der Waals surface area contributed by atoms with E-state index < -0.39 is 0 Å². The first-order chi connectivity index (χ1) is 13.4. The number of carbonyl (C=O) groups is 2. The third-order valence-corrected chi connectivity index (χ3v) is 4.35. The van der Waals surface area contributed by atoms with Gasteiger partial charge in [-0.3, -0.25) is 14.6 Å². The molecule has 2 aromatic heterocycles. The Kier molecular flexibility index (Phi) is 5.44. The Labute approximate surface area is 163 Å². The molecule has 2 heterocycles. The maximum Gasteiger partial charge on any atom is 0.257 e. The van der Waals surface area contributed by atoms with E-state index in [1.807, 2.05) is 36.6 Å². The van der Waals surface area contributed by atoms with Gasteiger partial charge in [-0.15, -0.1) is 0 Å². The summed E-state index contributed by atoms with van der Waals surface area (Å²) in [6, 6.07) is 10.7. The van der Waals surface area contributed by atoms with Gasteiger partial charge in [0, 0.05) is 30.2 Å². The number of aromatic nitrogens is 2. The fourth-order valence-corrected chi connectivity index (χ4v) is 3.15. The van der Waals surface area contributed by atoms with E-state index in [9.17, 15) is 9.59 Å². The maximum atomic E-state index is 13.0. The smallest absolute Gasteiger partial charge is 0.257 e. The SMILES string of the molecule is COc1ccc(NC(C)=O)cc1NC(=O)c1cc(C)n(-c2cccnc2)c1C. The number of rotatable bonds is 5. The van der Waals surface area contributed by atoms with Crippen LogP contribution in [0.25, 0.3) is 5.69 Å². The molecule has 0 aliphatic carbocycles. The number of ether oxygens (including phenoxy) is 1. The fourth-order valence-electron chi connectivity index (χ4n) is 3.15. The van der Waals surface area contributed by atoms with Crippen molar-refractivity contribution < 1.29 is 14.3 Å². The minimum absolute atomic E-state index is 0.192. The number of pyridine rings is 1. The minimum Gasteiger partial charge on any atom is -0.495 e. The molecule has 7 nitrogen and oxygen atoms in total. The summed E-state index contributed by atoms with van der Waals surface area (Å²) in [4.78, 5) is 28.4. The molecular weight excluding hydrogens is 356 g/mol. The Morgan fingerprint density at radius 3 is 2.54 bits per heavy atom. The number of hydrogen-bond donors (Lipinski definition) is 2. The summed E-state index contributed by atoms with van der Waals surface area (Å²) >= 11 is 0. The number of carbonyl (C=O) groups excluding carboxylic acids is 2. The molecular formula is C21H22N4O3. The fraction of sp³-hybridized carbons (Fsp3) is 0.190. The van der Waals surface area contributed by atoms with Crippen molar-refractivity contribution in [2.24, 2.45) is 0 Å². The van der Waals surface area contributed by atoms with Crippen LogP contribution in [0.15, 0.2) is 48.8 Å². The van der Waals surface area contributed by atoms with Gasteiger partial charge in [-0.1, -0.05) is 0 Å². The predicted octanol–water partition coefficient (Wildman–Crippen LogP) is 3.71. The van der Waals surface area contributed by atoms with Gasteiger partial charge >= 0.3 is 0 Å². The van der Waals surface area contributed by atoms with Crippen molar-refractivity contribution in [2.75, 3.05) is 17.7 Å². The minimum atomic E-state index is -0.262. The van der Waals surface area contributed by atoms with Crippen molar-refractivity contribution in [3.05, 3.63) is 65.7 Å². The van der Waals surface area contributed by atoms with Crippen LogP contribution < -0.4 is 15.4 Å². The van der Waals surface area contributed by atoms with Gasteiger partial charge in [0.25, 0.3) is 5.91 Å². The number of benzene rings is 1. The Balaban J connectivity index is 1.93. The summed E-state index contributed by atoms with van der Waals surface area (Å²) < 4.78 is 7.31. The lowest BCUT2D eigenvalue weighted by Crippen LogP contribution is -2.14. The van der Waals surface area contributed by atoms with Crippen LogP contribution in [0.1, 0.15) is 28.7 Å². The zero-order chi connectivity index (χ0) is 20.3. The van der Waals surface area contributed by atoms with E-state index in [0.29, 0.717) is 22.7 Å². The van der Waals surface area contributed by atoms with Crippen LogP contribution in [0.3, 0.4) is 0 Å². The van der Waals surface area contributed by atoms with E-state index in [0.717, 1.165) is 17.1 Å². The number of amides is 2. The second-order valence-corrected chi connectivity index (χ2v) is 6.38. The molecule has 0 atom stereocenters. The number of anilines is 2. The zero-order valence-corrected chi connectivity index (χ0v) is 16.2. The number of hydrogen-bond acceptors (Lipinski definition) is 4. The van der Waals surface area contributed by atoms with Crippen LogP contribution in [0.2, 0.25) is 0 Å². The molecule has 0 unspecified atom stereocenters. The highest BCUT2D eigenvalue weighted by Gasteiger charge is 2.18. The van der Waals surface area contributed by atoms with Crippen LogP contribution in [-0.4, -0.2) is 28.5 Å². The van der Waals surface area contributed by atoms with Gasteiger partial charge in [-0.2, -0.15) is 0 Å². The van der Waals surface area contributed by atoms with Gasteiger partial charge in [0.05, 0.1) is 30.2 Å². The summed E-state index contributed by atoms with van der Waals surface area (Å²) in [5.74, 6) is 0.0486. The van der Waals surface area contributed by atoms with E-state index in [2.05, 4.69) is 15.6 Å². The van der Waals surface area contributed by atoms with Crippen LogP contribution in [0, 0.1) is 13.8 Å². The van der Waals surface area contributed by atoms with Gasteiger partial charge in [-0.25, -0.2) is 0 Å². The van der Waals surface area contributed by atoms with Crippen molar-refractivity contribution in [2.45, 2.75) is 20.8 Å². The summed E-state index contributed by atoms with van der Waals surface area (Å²) in [6.45, 7) is 5.25. The molecule has 0 fully saturated rings. The lowest BCUT2D eigenvalue weighted by Gasteiger charge is -2.13. The van der Waals surface area contributed by atoms with E-state index >= 15 is 0 Å². The quantitative estimate of drug-likeness (QED) is 0.709. The molecule has 0 spiro atoms. The van der Waals surface area contributed by atoms with Gasteiger partial charge < -0.3 is 19.9 Å². The molecule has 0 bridgehead atoms. The van der Waals surface area contributed by atoms with Gasteiger partial charge in [-0.05, 0) is 50.2 Å². The van der Waals surface area contributed by atoms with Gasteiger partial charge in [0.2, 0.25) is 5.91 Å². The summed E-state index contributed by atoms with van der Waals surface area (Å²) in [5.41, 5.74) is 4.22. The van der Waals surface area contributed by atoms with Crippen LogP contribution >= 0.6 is 0 Å². The Hall–Kier alpha value is -3.61. The van der Waals surface area contributed by atoms with E-state index in [-0.39, 0.29) is 11.8 Å². The van der Waals surface area contributed by atoms with Gasteiger partial charge in [0.15, 0.2) is 0 Å². The molecule has 0 saturated heterocycles. The maximum absolute atomic E-state index is 13.0. The molecule has 2 N–H and O–H groups in total. The molecule has 1 aromatic carbocycles. The standard InChI is InChI=1S/C21H22N4O3/c1-13-10-18(14(2)25(13)17-6-5-9-22-12-17)21(27)24-19-11-16(23-15(3)26)7-8-20(19)28-4/h5-12H,1-4H3,(H,23,26)(H,24,27). The van der Waals surface area contributed by atoms with Crippen molar-refractivity contribution in [1.82, 2.24) is 9.55 Å². The van der Waals surface area contributed by atoms with E-state index in [4.69, 9.17) is 4.74 Å². The average molecular weight is 378 g/mol. The van der Waals surface area contributed by atoms with E-state index in [1.54, 1.807) is 30.6 Å². The lowest BCUT2D eigenvalue weighted by atomic mass is 10.2. The number of nitrogens with one attached hydrogen (secondary N) is 2. The van der Waals surface area contributed by atoms with Gasteiger partial charge in [0.1, 0.15) is 5.75 Å². The van der Waals surface area contributed by atoms with Crippen LogP contribution in [0.5, 0.6) is 5.75 Å². The molecule has 0 saturated carbocycles. The molecule has 144 valence electrons. The first kappa shape index (κ1) is 19.2. The number of methoxy groups -OCH3 is 1.